The zero-order valence-electron chi connectivity index (χ0n) is 35.5. The lowest BCUT2D eigenvalue weighted by Gasteiger charge is -2.48. The molecule has 2 aliphatic heterocycles. The fourth-order valence-electron chi connectivity index (χ4n) is 7.41. The fraction of sp³-hybridized carbons (Fsp3) is 0.600. The Hall–Kier alpha value is -2.31. The number of ketones is 2. The molecule has 0 aromatic heterocycles. The van der Waals surface area contributed by atoms with Crippen molar-refractivity contribution < 1.29 is 53.1 Å². The van der Waals surface area contributed by atoms with Crippen LogP contribution in [0.2, 0.25) is 25.9 Å². The Bertz CT molecular complexity index is 1700. The van der Waals surface area contributed by atoms with E-state index in [9.17, 15) is 29.2 Å². The third kappa shape index (κ3) is 17.1. The van der Waals surface area contributed by atoms with Crippen molar-refractivity contribution in [2.75, 3.05) is 73.2 Å². The van der Waals surface area contributed by atoms with Crippen LogP contribution >= 0.6 is 46.4 Å². The Morgan fingerprint density at radius 1 is 0.833 bits per heavy atom. The zero-order valence-corrected chi connectivity index (χ0v) is 38.5. The number of likely N-dealkylation sites (N-methyl/N-ethyl adjacent to an activating group) is 2. The van der Waals surface area contributed by atoms with Gasteiger partial charge in [0.1, 0.15) is 5.78 Å². The predicted molar refractivity (Wildman–Crippen MR) is 238 cm³/mol. The van der Waals surface area contributed by atoms with Crippen molar-refractivity contribution in [2.45, 2.75) is 71.6 Å². The maximum atomic E-state index is 12.8. The molecule has 2 saturated heterocycles. The number of hydrogen-bond donors (Lipinski definition) is 6. The summed E-state index contributed by atoms with van der Waals surface area (Å²) in [6, 6.07) is 9.24. The average Bonchev–Trinajstić information content (AvgIpc) is 3.68. The van der Waals surface area contributed by atoms with Crippen LogP contribution in [0.1, 0.15) is 80.5 Å². The van der Waals surface area contributed by atoms with Crippen molar-refractivity contribution in [1.29, 1.82) is 0 Å². The number of hydrogen-bond acceptors (Lipinski definition) is 11. The number of carbonyl (C=O) groups is 4. The van der Waals surface area contributed by atoms with E-state index in [4.69, 9.17) is 65.9 Å². The van der Waals surface area contributed by atoms with Crippen LogP contribution in [0, 0.1) is 11.8 Å². The first-order valence-corrected chi connectivity index (χ1v) is 21.7. The van der Waals surface area contributed by atoms with E-state index in [2.05, 4.69) is 31.5 Å². The van der Waals surface area contributed by atoms with Crippen LogP contribution in [0.15, 0.2) is 36.4 Å². The molecular weight excluding hydrogens is 860 g/mol. The van der Waals surface area contributed by atoms with E-state index in [-0.39, 0.29) is 72.1 Å². The van der Waals surface area contributed by atoms with Crippen LogP contribution in [-0.2, 0) is 18.9 Å². The second-order valence-corrected chi connectivity index (χ2v) is 18.0. The number of amides is 2. The van der Waals surface area contributed by atoms with Gasteiger partial charge in [-0.25, -0.2) is 0 Å². The average molecular weight is 922 g/mol. The number of Topliss-reactive ketones (excluding diaryl/α,β-unsaturated/α-hetero) is 2. The second kappa shape index (κ2) is 26.3. The van der Waals surface area contributed by atoms with Gasteiger partial charge in [0.25, 0.3) is 5.91 Å². The molecule has 60 heavy (non-hydrogen) atoms. The van der Waals surface area contributed by atoms with E-state index in [1.54, 1.807) is 18.2 Å². The van der Waals surface area contributed by atoms with Crippen LogP contribution in [-0.4, -0.2) is 146 Å². The third-order valence-corrected chi connectivity index (χ3v) is 11.6. The molecule has 6 N–H and O–H groups in total. The first-order chi connectivity index (χ1) is 28.2. The molecule has 0 radical (unpaired) electrons. The van der Waals surface area contributed by atoms with E-state index in [0.29, 0.717) is 60.1 Å². The lowest BCUT2D eigenvalue weighted by Crippen LogP contribution is -2.63. The molecule has 2 aromatic carbocycles. The van der Waals surface area contributed by atoms with E-state index >= 15 is 0 Å². The standard InChI is InChI=1S/C20H29BCl2N2O4.C15H20BCl2NO4.C5H13NO2/c1-14(2)10-15(21-25(3,6-8-28-21)7-9-29-21)11-17(26)13-24-20(27)18-12-16(22)4-5-19(18)23;1-9(2)7-14(16(22)23)19-15(21)6-5-13(20)11-8-10(17)3-4-12(11)18;1-6(2-4-7)3-5-8/h4-5,12,14-15H,6-11,13H2,1-3H3,(H,24,27);3-4,8-9,14,22-23H,5-7H2,1-2H3,(H,19,21);7-8H,2-5H2,1H3/t15-,21?,25?;14-;/m00./s1. The SMILES string of the molecule is CC(C)C[C@@H](CC(=O)CNC(=O)c1cc(Cl)ccc1Cl)[B-]12OCC[N+]1(C)CCO2.CC(C)C[C@H](NC(=O)CCC(=O)c1cc(Cl)ccc1Cl)B(O)O.CN(CCO)CCO. The summed E-state index contributed by atoms with van der Waals surface area (Å²) in [4.78, 5) is 51.0. The molecule has 336 valence electrons. The quantitative estimate of drug-likeness (QED) is 0.0778. The molecule has 2 aromatic rings. The van der Waals surface area contributed by atoms with Gasteiger partial charge in [-0.15, -0.1) is 0 Å². The molecule has 0 spiro atoms. The number of benzene rings is 2. The zero-order chi connectivity index (χ0) is 45.2. The minimum absolute atomic E-state index is 0.0100. The van der Waals surface area contributed by atoms with Crippen molar-refractivity contribution in [3.63, 3.8) is 0 Å². The Labute approximate surface area is 374 Å². The van der Waals surface area contributed by atoms with Crippen LogP contribution in [0.3, 0.4) is 0 Å². The Morgan fingerprint density at radius 3 is 1.85 bits per heavy atom. The van der Waals surface area contributed by atoms with Crippen molar-refractivity contribution in [3.05, 3.63) is 67.6 Å². The van der Waals surface area contributed by atoms with Crippen molar-refractivity contribution in [2.24, 2.45) is 11.8 Å². The molecule has 0 aliphatic carbocycles. The highest BCUT2D eigenvalue weighted by Gasteiger charge is 2.60. The molecule has 0 bridgehead atoms. The van der Waals surface area contributed by atoms with Gasteiger partial charge in [-0.1, -0.05) is 80.5 Å². The maximum Gasteiger partial charge on any atom is 0.476 e. The Kier molecular flexibility index (Phi) is 23.6. The van der Waals surface area contributed by atoms with Crippen molar-refractivity contribution in [1.82, 2.24) is 15.5 Å². The number of carbonyl (C=O) groups excluding carboxylic acids is 4. The molecule has 2 amide bonds. The molecule has 14 nitrogen and oxygen atoms in total. The van der Waals surface area contributed by atoms with E-state index < -0.39 is 31.6 Å². The summed E-state index contributed by atoms with van der Waals surface area (Å²) in [7, 11) is 2.38. The molecule has 20 heteroatoms. The molecule has 2 aliphatic rings. The van der Waals surface area contributed by atoms with E-state index in [0.717, 1.165) is 23.9 Å². The number of aliphatic hydroxyl groups excluding tert-OH is 2. The molecule has 2 heterocycles. The lowest BCUT2D eigenvalue weighted by molar-refractivity contribution is -0.801. The normalized spacial score (nSPS) is 19.1. The summed E-state index contributed by atoms with van der Waals surface area (Å²) < 4.78 is 13.1. The minimum Gasteiger partial charge on any atom is -0.509 e. The highest BCUT2D eigenvalue weighted by atomic mass is 35.5. The number of nitrogens with one attached hydrogen (secondary N) is 2. The van der Waals surface area contributed by atoms with Crippen molar-refractivity contribution >= 4 is 83.6 Å². The first-order valence-electron chi connectivity index (χ1n) is 20.2. The van der Waals surface area contributed by atoms with E-state index in [1.165, 1.54) is 18.2 Å². The summed E-state index contributed by atoms with van der Waals surface area (Å²) in [5.74, 6) is -1.34. The van der Waals surface area contributed by atoms with Gasteiger partial charge in [-0.2, -0.15) is 0 Å². The summed E-state index contributed by atoms with van der Waals surface area (Å²) >= 11 is 23.8. The molecule has 2 atom stereocenters. The lowest BCUT2D eigenvalue weighted by atomic mass is 9.52. The summed E-state index contributed by atoms with van der Waals surface area (Å²) in [6.07, 6.45) is 1.48. The van der Waals surface area contributed by atoms with Gasteiger partial charge in [0.05, 0.1) is 67.6 Å². The molecule has 2 fully saturated rings. The number of halogens is 4. The monoisotopic (exact) mass is 920 g/mol. The molecule has 0 unspecified atom stereocenters. The predicted octanol–water partition coefficient (Wildman–Crippen LogP) is 4.95. The number of fused-ring (bicyclic) bond motifs is 1. The van der Waals surface area contributed by atoms with Crippen LogP contribution in [0.4, 0.5) is 0 Å². The molecule has 0 saturated carbocycles. The van der Waals surface area contributed by atoms with Crippen molar-refractivity contribution in [3.8, 4) is 0 Å². The van der Waals surface area contributed by atoms with Gasteiger partial charge in [0.2, 0.25) is 5.91 Å². The fourth-order valence-corrected chi connectivity index (χ4v) is 8.18. The highest BCUT2D eigenvalue weighted by molar-refractivity contribution is 6.62. The third-order valence-electron chi connectivity index (χ3n) is 10.5. The summed E-state index contributed by atoms with van der Waals surface area (Å²) in [6.45, 7) is 11.2. The van der Waals surface area contributed by atoms with Crippen LogP contribution in [0.5, 0.6) is 0 Å². The van der Waals surface area contributed by atoms with Crippen LogP contribution in [0.25, 0.3) is 0 Å². The number of aliphatic hydroxyl groups is 2. The first kappa shape index (κ1) is 53.8. The molecular formula is C40H62B2Cl4N4O10. The second-order valence-electron chi connectivity index (χ2n) is 16.4. The van der Waals surface area contributed by atoms with Gasteiger partial charge in [0.15, 0.2) is 5.78 Å². The van der Waals surface area contributed by atoms with E-state index in [1.807, 2.05) is 25.8 Å². The smallest absolute Gasteiger partial charge is 0.476 e. The van der Waals surface area contributed by atoms with Gasteiger partial charge < -0.3 is 49.5 Å². The topological polar surface area (TPSA) is 195 Å². The maximum absolute atomic E-state index is 12.8. The summed E-state index contributed by atoms with van der Waals surface area (Å²) in [5, 5.41) is 41.8. The number of rotatable bonds is 20. The highest BCUT2D eigenvalue weighted by Crippen LogP contribution is 2.45. The Balaban J connectivity index is 0.000000357. The van der Waals surface area contributed by atoms with Gasteiger partial charge in [0, 0.05) is 48.6 Å². The molecule has 4 rings (SSSR count). The van der Waals surface area contributed by atoms with Crippen LogP contribution < -0.4 is 10.6 Å². The summed E-state index contributed by atoms with van der Waals surface area (Å²) in [5.41, 5.74) is 0.531. The number of nitrogens with zero attached hydrogens (tertiary/aromatic N) is 2. The number of quaternary nitrogens is 1. The van der Waals surface area contributed by atoms with Gasteiger partial charge >= 0.3 is 13.8 Å². The largest absolute Gasteiger partial charge is 0.509 e. The Morgan fingerprint density at radius 2 is 1.35 bits per heavy atom. The van der Waals surface area contributed by atoms with Gasteiger partial charge in [-0.05, 0) is 73.9 Å². The minimum atomic E-state index is -1.64. The van der Waals surface area contributed by atoms with Gasteiger partial charge in [-0.3, -0.25) is 19.2 Å².